The van der Waals surface area contributed by atoms with Crippen molar-refractivity contribution in [1.29, 1.82) is 0 Å². The van der Waals surface area contributed by atoms with E-state index in [-0.39, 0.29) is 17.2 Å². The van der Waals surface area contributed by atoms with E-state index in [9.17, 15) is 13.2 Å². The summed E-state index contributed by atoms with van der Waals surface area (Å²) < 4.78 is 48.5. The quantitative estimate of drug-likeness (QED) is 0.618. The number of alkyl halides is 2. The van der Waals surface area contributed by atoms with E-state index < -0.39 is 18.1 Å². The zero-order chi connectivity index (χ0) is 22.2. The summed E-state index contributed by atoms with van der Waals surface area (Å²) in [5, 5.41) is 0. The molecule has 0 amide bonds. The Kier molecular flexibility index (Phi) is 6.31. The lowest BCUT2D eigenvalue weighted by atomic mass is 9.84. The first-order valence-electron chi connectivity index (χ1n) is 10.1. The fourth-order valence-electron chi connectivity index (χ4n) is 4.06. The molecule has 0 atom stereocenters. The van der Waals surface area contributed by atoms with Gasteiger partial charge in [0.05, 0.1) is 4.34 Å². The second-order valence-electron chi connectivity index (χ2n) is 8.10. The average Bonchev–Trinajstić information content (AvgIpc) is 3.15. The summed E-state index contributed by atoms with van der Waals surface area (Å²) in [7, 11) is 0. The molecule has 0 saturated carbocycles. The highest BCUT2D eigenvalue weighted by molar-refractivity contribution is 7.16. The minimum Gasteiger partial charge on any atom is -0.402 e. The second-order valence-corrected chi connectivity index (χ2v) is 9.79. The fraction of sp³-hybridized carbons (Fsp3) is 0.524. The van der Waals surface area contributed by atoms with Gasteiger partial charge in [-0.25, -0.2) is 14.4 Å². The molecule has 1 spiro atoms. The molecule has 5 nitrogen and oxygen atoms in total. The first-order valence-corrected chi connectivity index (χ1v) is 11.3. The SMILES string of the molecule is C/C(N)=C(/C=N/C1=C(F)CCC=N1)CN1CCC2(CC1)OCC(F)(F)c1cc(Cl)sc12. The molecule has 1 aromatic heterocycles. The predicted octanol–water partition coefficient (Wildman–Crippen LogP) is 5.12. The molecule has 1 fully saturated rings. The van der Waals surface area contributed by atoms with E-state index in [2.05, 4.69) is 14.9 Å². The lowest BCUT2D eigenvalue weighted by Gasteiger charge is -2.45. The van der Waals surface area contributed by atoms with Crippen molar-refractivity contribution in [1.82, 2.24) is 4.90 Å². The molecule has 0 bridgehead atoms. The number of ether oxygens (including phenoxy) is 1. The maximum atomic E-state index is 14.3. The molecule has 31 heavy (non-hydrogen) atoms. The minimum atomic E-state index is -3.02. The van der Waals surface area contributed by atoms with Crippen LogP contribution < -0.4 is 5.73 Å². The van der Waals surface area contributed by atoms with Crippen LogP contribution in [0.15, 0.2) is 39.0 Å². The van der Waals surface area contributed by atoms with E-state index in [0.717, 1.165) is 5.57 Å². The molecule has 1 saturated heterocycles. The molecule has 0 aromatic carbocycles. The van der Waals surface area contributed by atoms with Crippen LogP contribution >= 0.6 is 22.9 Å². The van der Waals surface area contributed by atoms with Crippen LogP contribution in [0.25, 0.3) is 0 Å². The van der Waals surface area contributed by atoms with E-state index >= 15 is 0 Å². The Labute approximate surface area is 188 Å². The zero-order valence-electron chi connectivity index (χ0n) is 17.1. The average molecular weight is 473 g/mol. The highest BCUT2D eigenvalue weighted by Crippen LogP contribution is 2.52. The Bertz CT molecular complexity index is 973. The minimum absolute atomic E-state index is 0.00365. The summed E-state index contributed by atoms with van der Waals surface area (Å²) in [6, 6.07) is 1.37. The van der Waals surface area contributed by atoms with Gasteiger partial charge >= 0.3 is 0 Å². The Hall–Kier alpha value is -1.68. The van der Waals surface area contributed by atoms with Crippen LogP contribution in [-0.2, 0) is 16.3 Å². The molecule has 1 aromatic rings. The molecule has 2 N–H and O–H groups in total. The van der Waals surface area contributed by atoms with Crippen molar-refractivity contribution >= 4 is 35.4 Å². The lowest BCUT2D eigenvalue weighted by Crippen LogP contribution is -2.49. The van der Waals surface area contributed by atoms with Gasteiger partial charge in [0.15, 0.2) is 5.82 Å². The normalized spacial score (nSPS) is 24.0. The fourth-order valence-corrected chi connectivity index (χ4v) is 5.54. The standard InChI is InChI=1S/C21H24ClF3N4OS/c1-13(26)14(10-28-19-16(23)3-2-6-27-19)11-29-7-4-20(5-8-29)18-15(9-17(22)31-18)21(24,25)12-30-20/h6,9-10H,2-5,7-8,11-12,26H2,1H3/b14-13+,28-10+. The first-order chi connectivity index (χ1) is 14.7. The van der Waals surface area contributed by atoms with E-state index in [1.54, 1.807) is 19.4 Å². The molecule has 4 heterocycles. The monoisotopic (exact) mass is 472 g/mol. The van der Waals surface area contributed by atoms with Gasteiger partial charge in [-0.15, -0.1) is 11.3 Å². The highest BCUT2D eigenvalue weighted by Gasteiger charge is 2.51. The van der Waals surface area contributed by atoms with Crippen molar-refractivity contribution in [3.05, 3.63) is 43.8 Å². The van der Waals surface area contributed by atoms with Crippen LogP contribution in [0.4, 0.5) is 13.2 Å². The van der Waals surface area contributed by atoms with Gasteiger partial charge in [-0.05, 0) is 32.3 Å². The van der Waals surface area contributed by atoms with Gasteiger partial charge in [0.2, 0.25) is 0 Å². The molecule has 168 valence electrons. The van der Waals surface area contributed by atoms with E-state index in [1.165, 1.54) is 17.4 Å². The molecule has 0 unspecified atom stereocenters. The van der Waals surface area contributed by atoms with E-state index in [0.29, 0.717) is 60.2 Å². The van der Waals surface area contributed by atoms with Crippen LogP contribution in [0.5, 0.6) is 0 Å². The third-order valence-electron chi connectivity index (χ3n) is 5.90. The van der Waals surface area contributed by atoms with Crippen LogP contribution in [0, 0.1) is 0 Å². The van der Waals surface area contributed by atoms with E-state index in [1.807, 2.05) is 0 Å². The van der Waals surface area contributed by atoms with Crippen LogP contribution in [0.2, 0.25) is 4.34 Å². The predicted molar refractivity (Wildman–Crippen MR) is 118 cm³/mol. The number of hydrogen-bond donors (Lipinski definition) is 1. The van der Waals surface area contributed by atoms with Crippen molar-refractivity contribution in [2.45, 2.75) is 44.1 Å². The number of allylic oxidation sites excluding steroid dienone is 2. The summed E-state index contributed by atoms with van der Waals surface area (Å²) in [6.45, 7) is 2.94. The molecule has 3 aliphatic heterocycles. The Morgan fingerprint density at radius 3 is 2.84 bits per heavy atom. The number of hydrogen-bond acceptors (Lipinski definition) is 6. The zero-order valence-corrected chi connectivity index (χ0v) is 18.7. The Balaban J connectivity index is 1.45. The molecule has 10 heteroatoms. The number of likely N-dealkylation sites (tertiary alicyclic amines) is 1. The Morgan fingerprint density at radius 1 is 1.42 bits per heavy atom. The number of halogens is 4. The number of thiophene rings is 1. The summed E-state index contributed by atoms with van der Waals surface area (Å²) in [5.41, 5.74) is 6.65. The number of piperidine rings is 1. The number of fused-ring (bicyclic) bond motifs is 2. The second kappa shape index (κ2) is 8.69. The molecular weight excluding hydrogens is 449 g/mol. The van der Waals surface area contributed by atoms with Gasteiger partial charge in [0.1, 0.15) is 18.0 Å². The van der Waals surface area contributed by atoms with Gasteiger partial charge in [-0.2, -0.15) is 8.78 Å². The highest BCUT2D eigenvalue weighted by atomic mass is 35.5. The number of nitrogens with zero attached hydrogens (tertiary/aromatic N) is 3. The van der Waals surface area contributed by atoms with E-state index in [4.69, 9.17) is 22.1 Å². The van der Waals surface area contributed by atoms with Crippen LogP contribution in [0.1, 0.15) is 43.0 Å². The van der Waals surface area contributed by atoms with Crippen molar-refractivity contribution < 1.29 is 17.9 Å². The summed E-state index contributed by atoms with van der Waals surface area (Å²) in [5.74, 6) is -3.26. The lowest BCUT2D eigenvalue weighted by molar-refractivity contribution is -0.181. The first kappa shape index (κ1) is 22.5. The third-order valence-corrected chi connectivity index (χ3v) is 7.35. The number of rotatable bonds is 4. The van der Waals surface area contributed by atoms with Crippen molar-refractivity contribution in [3.8, 4) is 0 Å². The van der Waals surface area contributed by atoms with Gasteiger partial charge in [-0.3, -0.25) is 4.90 Å². The van der Waals surface area contributed by atoms with Gasteiger partial charge in [0, 0.05) is 60.2 Å². The third kappa shape index (κ3) is 4.60. The van der Waals surface area contributed by atoms with Crippen molar-refractivity contribution in [3.63, 3.8) is 0 Å². The molecule has 4 rings (SSSR count). The topological polar surface area (TPSA) is 63.2 Å². The largest absolute Gasteiger partial charge is 0.402 e. The maximum absolute atomic E-state index is 14.3. The maximum Gasteiger partial charge on any atom is 0.297 e. The summed E-state index contributed by atoms with van der Waals surface area (Å²) in [6.07, 6.45) is 5.24. The van der Waals surface area contributed by atoms with Crippen molar-refractivity contribution in [2.75, 3.05) is 26.2 Å². The van der Waals surface area contributed by atoms with Crippen molar-refractivity contribution in [2.24, 2.45) is 15.7 Å². The van der Waals surface area contributed by atoms with Gasteiger partial charge < -0.3 is 10.5 Å². The van der Waals surface area contributed by atoms with Gasteiger partial charge in [-0.1, -0.05) is 11.6 Å². The molecule has 0 radical (unpaired) electrons. The smallest absolute Gasteiger partial charge is 0.297 e. The molecule has 3 aliphatic rings. The van der Waals surface area contributed by atoms with Gasteiger partial charge in [0.25, 0.3) is 5.92 Å². The molecule has 0 aliphatic carbocycles. The molecular formula is C21H24ClF3N4OS. The summed E-state index contributed by atoms with van der Waals surface area (Å²) in [4.78, 5) is 10.9. The summed E-state index contributed by atoms with van der Waals surface area (Å²) >= 11 is 7.25. The van der Waals surface area contributed by atoms with Crippen LogP contribution in [-0.4, -0.2) is 43.6 Å². The van der Waals surface area contributed by atoms with Crippen LogP contribution in [0.3, 0.4) is 0 Å². The number of aliphatic imine (C=N–C) groups is 2. The Morgan fingerprint density at radius 2 is 2.16 bits per heavy atom. The number of nitrogens with two attached hydrogens (primary N) is 1.